The van der Waals surface area contributed by atoms with E-state index in [2.05, 4.69) is 29.0 Å². The van der Waals surface area contributed by atoms with E-state index in [-0.39, 0.29) is 11.8 Å². The summed E-state index contributed by atoms with van der Waals surface area (Å²) in [6, 6.07) is 5.19. The molecule has 0 spiro atoms. The number of amides is 1. The van der Waals surface area contributed by atoms with E-state index < -0.39 is 6.04 Å². The van der Waals surface area contributed by atoms with E-state index in [4.69, 9.17) is 10.3 Å². The normalized spacial score (nSPS) is 17.0. The lowest BCUT2D eigenvalue weighted by Gasteiger charge is -2.32. The molecule has 1 fully saturated rings. The molecule has 3 heterocycles. The summed E-state index contributed by atoms with van der Waals surface area (Å²) in [5.41, 5.74) is 6.72. The van der Waals surface area contributed by atoms with E-state index in [0.717, 1.165) is 19.3 Å². The number of rotatable bonds is 5. The van der Waals surface area contributed by atoms with Crippen LogP contribution in [0.4, 0.5) is 0 Å². The summed E-state index contributed by atoms with van der Waals surface area (Å²) in [6.45, 7) is 5.51. The molecule has 0 aliphatic carbocycles. The Kier molecular flexibility index (Phi) is 5.43. The van der Waals surface area contributed by atoms with Gasteiger partial charge in [0.25, 0.3) is 0 Å². The van der Waals surface area contributed by atoms with E-state index >= 15 is 0 Å². The Morgan fingerprint density at radius 3 is 2.76 bits per heavy atom. The van der Waals surface area contributed by atoms with E-state index in [0.29, 0.717) is 36.4 Å². The molecule has 2 aromatic rings. The first-order valence-corrected chi connectivity index (χ1v) is 8.84. The van der Waals surface area contributed by atoms with E-state index in [1.54, 1.807) is 6.20 Å². The van der Waals surface area contributed by atoms with Gasteiger partial charge in [0.1, 0.15) is 5.69 Å². The van der Waals surface area contributed by atoms with Crippen molar-refractivity contribution >= 4 is 5.91 Å². The summed E-state index contributed by atoms with van der Waals surface area (Å²) < 4.78 is 5.43. The molecule has 2 aromatic heterocycles. The van der Waals surface area contributed by atoms with Crippen LogP contribution in [0.25, 0.3) is 11.5 Å². The van der Waals surface area contributed by atoms with Crippen LogP contribution in [0.1, 0.15) is 44.9 Å². The van der Waals surface area contributed by atoms with Crippen LogP contribution in [0, 0.1) is 5.92 Å². The van der Waals surface area contributed by atoms with Gasteiger partial charge in [-0.1, -0.05) is 25.1 Å². The SMILES string of the molecule is CC(C)C[C@H](N)C(=O)N1CCC(c2nc(-c3ccccn3)no2)CC1. The van der Waals surface area contributed by atoms with Crippen molar-refractivity contribution in [3.8, 4) is 11.5 Å². The molecule has 7 nitrogen and oxygen atoms in total. The Labute approximate surface area is 147 Å². The number of pyridine rings is 1. The standard InChI is InChI=1S/C18H25N5O2/c1-12(2)11-14(19)18(24)23-9-6-13(7-10-23)17-21-16(22-25-17)15-5-3-4-8-20-15/h3-5,8,12-14H,6-7,9-11,19H2,1-2H3/t14-/m0/s1. The molecule has 2 N–H and O–H groups in total. The van der Waals surface area contributed by atoms with Gasteiger partial charge < -0.3 is 15.2 Å². The Morgan fingerprint density at radius 2 is 2.12 bits per heavy atom. The molecule has 1 saturated heterocycles. The molecule has 1 aliphatic rings. The minimum absolute atomic E-state index is 0.0480. The molecule has 3 rings (SSSR count). The van der Waals surface area contributed by atoms with Crippen LogP contribution >= 0.6 is 0 Å². The van der Waals surface area contributed by atoms with Gasteiger partial charge in [-0.25, -0.2) is 0 Å². The Morgan fingerprint density at radius 1 is 1.36 bits per heavy atom. The Bertz CT molecular complexity index is 693. The second-order valence-corrected chi connectivity index (χ2v) is 7.01. The molecule has 1 atom stereocenters. The molecular formula is C18H25N5O2. The highest BCUT2D eigenvalue weighted by Crippen LogP contribution is 2.28. The van der Waals surface area contributed by atoms with E-state index in [1.165, 1.54) is 0 Å². The summed E-state index contributed by atoms with van der Waals surface area (Å²) in [4.78, 5) is 23.0. The number of likely N-dealkylation sites (tertiary alicyclic amines) is 1. The van der Waals surface area contributed by atoms with Crippen LogP contribution in [0.2, 0.25) is 0 Å². The van der Waals surface area contributed by atoms with Crippen LogP contribution in [0.3, 0.4) is 0 Å². The van der Waals surface area contributed by atoms with Gasteiger partial charge in [0.15, 0.2) is 0 Å². The third-order valence-corrected chi connectivity index (χ3v) is 4.53. The molecule has 0 radical (unpaired) electrons. The lowest BCUT2D eigenvalue weighted by molar-refractivity contribution is -0.134. The van der Waals surface area contributed by atoms with Gasteiger partial charge in [-0.3, -0.25) is 9.78 Å². The van der Waals surface area contributed by atoms with E-state index in [9.17, 15) is 4.79 Å². The number of carbonyl (C=O) groups excluding carboxylic acids is 1. The molecule has 0 aromatic carbocycles. The Balaban J connectivity index is 1.58. The first kappa shape index (κ1) is 17.5. The zero-order valence-electron chi connectivity index (χ0n) is 14.8. The fourth-order valence-corrected chi connectivity index (χ4v) is 3.19. The monoisotopic (exact) mass is 343 g/mol. The van der Waals surface area contributed by atoms with Crippen LogP contribution in [-0.2, 0) is 4.79 Å². The van der Waals surface area contributed by atoms with Gasteiger partial charge in [0.05, 0.1) is 6.04 Å². The maximum atomic E-state index is 12.4. The number of nitrogens with zero attached hydrogens (tertiary/aromatic N) is 4. The quantitative estimate of drug-likeness (QED) is 0.894. The topological polar surface area (TPSA) is 98.1 Å². The number of carbonyl (C=O) groups is 1. The average Bonchev–Trinajstić information content (AvgIpc) is 3.11. The molecule has 1 amide bonds. The second kappa shape index (κ2) is 7.74. The third-order valence-electron chi connectivity index (χ3n) is 4.53. The molecule has 1 aliphatic heterocycles. The Hall–Kier alpha value is -2.28. The van der Waals surface area contributed by atoms with Crippen LogP contribution in [-0.4, -0.2) is 45.1 Å². The van der Waals surface area contributed by atoms with E-state index in [1.807, 2.05) is 23.1 Å². The smallest absolute Gasteiger partial charge is 0.239 e. The number of piperidine rings is 1. The number of hydrogen-bond donors (Lipinski definition) is 1. The number of nitrogens with two attached hydrogens (primary N) is 1. The lowest BCUT2D eigenvalue weighted by atomic mass is 9.95. The maximum absolute atomic E-state index is 12.4. The number of hydrogen-bond acceptors (Lipinski definition) is 6. The average molecular weight is 343 g/mol. The lowest BCUT2D eigenvalue weighted by Crippen LogP contribution is -2.47. The van der Waals surface area contributed by atoms with Crippen molar-refractivity contribution in [1.82, 2.24) is 20.0 Å². The van der Waals surface area contributed by atoms with Gasteiger partial charge >= 0.3 is 0 Å². The summed E-state index contributed by atoms with van der Waals surface area (Å²) in [7, 11) is 0. The minimum atomic E-state index is -0.407. The van der Waals surface area contributed by atoms with Gasteiger partial charge in [-0.15, -0.1) is 0 Å². The van der Waals surface area contributed by atoms with Gasteiger partial charge in [0.2, 0.25) is 17.6 Å². The number of aromatic nitrogens is 3. The van der Waals surface area contributed by atoms with Crippen molar-refractivity contribution in [2.45, 2.75) is 45.1 Å². The fourth-order valence-electron chi connectivity index (χ4n) is 3.19. The van der Waals surface area contributed by atoms with Crippen LogP contribution in [0.15, 0.2) is 28.9 Å². The fraction of sp³-hybridized carbons (Fsp3) is 0.556. The summed E-state index contributed by atoms with van der Waals surface area (Å²) >= 11 is 0. The van der Waals surface area contributed by atoms with Gasteiger partial charge in [-0.2, -0.15) is 4.98 Å². The first-order chi connectivity index (χ1) is 12.0. The predicted octanol–water partition coefficient (Wildman–Crippen LogP) is 2.21. The van der Waals surface area contributed by atoms with Crippen molar-refractivity contribution in [3.05, 3.63) is 30.3 Å². The first-order valence-electron chi connectivity index (χ1n) is 8.84. The van der Waals surface area contributed by atoms with Gasteiger partial charge in [-0.05, 0) is 37.3 Å². The van der Waals surface area contributed by atoms with Gasteiger partial charge in [0, 0.05) is 25.2 Å². The zero-order valence-corrected chi connectivity index (χ0v) is 14.8. The third kappa shape index (κ3) is 4.22. The van der Waals surface area contributed by atoms with Crippen molar-refractivity contribution < 1.29 is 9.32 Å². The van der Waals surface area contributed by atoms with Crippen molar-refractivity contribution in [2.24, 2.45) is 11.7 Å². The molecule has 0 saturated carbocycles. The largest absolute Gasteiger partial charge is 0.341 e. The molecule has 0 bridgehead atoms. The molecule has 0 unspecified atom stereocenters. The summed E-state index contributed by atoms with van der Waals surface area (Å²) in [5, 5.41) is 4.03. The zero-order chi connectivity index (χ0) is 17.8. The van der Waals surface area contributed by atoms with Crippen molar-refractivity contribution in [3.63, 3.8) is 0 Å². The molecule has 25 heavy (non-hydrogen) atoms. The van der Waals surface area contributed by atoms with Crippen molar-refractivity contribution in [2.75, 3.05) is 13.1 Å². The minimum Gasteiger partial charge on any atom is -0.341 e. The van der Waals surface area contributed by atoms with Crippen LogP contribution in [0.5, 0.6) is 0 Å². The highest BCUT2D eigenvalue weighted by atomic mass is 16.5. The maximum Gasteiger partial charge on any atom is 0.239 e. The second-order valence-electron chi connectivity index (χ2n) is 7.01. The predicted molar refractivity (Wildman–Crippen MR) is 93.5 cm³/mol. The van der Waals surface area contributed by atoms with Crippen molar-refractivity contribution in [1.29, 1.82) is 0 Å². The highest BCUT2D eigenvalue weighted by molar-refractivity contribution is 5.81. The molecular weight excluding hydrogens is 318 g/mol. The molecule has 134 valence electrons. The highest BCUT2D eigenvalue weighted by Gasteiger charge is 2.30. The molecule has 7 heteroatoms. The van der Waals surface area contributed by atoms with Crippen LogP contribution < -0.4 is 5.73 Å². The summed E-state index contributed by atoms with van der Waals surface area (Å²) in [5.74, 6) is 1.77. The summed E-state index contributed by atoms with van der Waals surface area (Å²) in [6.07, 6.45) is 4.04.